The van der Waals surface area contributed by atoms with Gasteiger partial charge in [-0.3, -0.25) is 4.79 Å². The van der Waals surface area contributed by atoms with E-state index in [9.17, 15) is 4.79 Å². The Hall–Kier alpha value is -0.570. The molecule has 2 atom stereocenters. The topological polar surface area (TPSA) is 32.3 Å². The van der Waals surface area contributed by atoms with Crippen LogP contribution < -0.4 is 5.32 Å². The molecule has 3 heteroatoms. The summed E-state index contributed by atoms with van der Waals surface area (Å²) in [6, 6.07) is 0. The molecule has 94 valence electrons. The second-order valence-electron chi connectivity index (χ2n) is 5.09. The quantitative estimate of drug-likeness (QED) is 0.672. The minimum atomic E-state index is 0.356. The van der Waals surface area contributed by atoms with Gasteiger partial charge in [0.2, 0.25) is 5.91 Å². The number of nitrogens with one attached hydrogen (secondary N) is 1. The fourth-order valence-corrected chi connectivity index (χ4v) is 2.27. The van der Waals surface area contributed by atoms with Crippen LogP contribution in [0.5, 0.6) is 0 Å². The van der Waals surface area contributed by atoms with Gasteiger partial charge in [-0.25, -0.2) is 0 Å². The summed E-state index contributed by atoms with van der Waals surface area (Å²) in [6.45, 7) is 10.6. The average molecular weight is 226 g/mol. The number of carbonyl (C=O) groups is 1. The molecule has 1 heterocycles. The average Bonchev–Trinajstić information content (AvgIpc) is 2.60. The number of likely N-dealkylation sites (tertiary alicyclic amines) is 1. The molecule has 1 fully saturated rings. The molecule has 2 unspecified atom stereocenters. The Bertz CT molecular complexity index is 218. The van der Waals surface area contributed by atoms with E-state index in [-0.39, 0.29) is 0 Å². The van der Waals surface area contributed by atoms with Gasteiger partial charge in [-0.15, -0.1) is 0 Å². The second-order valence-corrected chi connectivity index (χ2v) is 5.09. The van der Waals surface area contributed by atoms with Crippen LogP contribution in [0.3, 0.4) is 0 Å². The van der Waals surface area contributed by atoms with E-state index in [1.807, 2.05) is 4.90 Å². The van der Waals surface area contributed by atoms with E-state index in [0.717, 1.165) is 39.0 Å². The fourth-order valence-electron chi connectivity index (χ4n) is 2.27. The number of carbonyl (C=O) groups excluding carboxylic acids is 1. The van der Waals surface area contributed by atoms with Gasteiger partial charge in [0.25, 0.3) is 0 Å². The Morgan fingerprint density at radius 1 is 1.50 bits per heavy atom. The van der Waals surface area contributed by atoms with Crippen molar-refractivity contribution < 1.29 is 4.79 Å². The van der Waals surface area contributed by atoms with Gasteiger partial charge >= 0.3 is 0 Å². The molecule has 1 N–H and O–H groups in total. The van der Waals surface area contributed by atoms with Gasteiger partial charge in [-0.2, -0.15) is 0 Å². The highest BCUT2D eigenvalue weighted by Gasteiger charge is 2.28. The number of amides is 1. The first-order chi connectivity index (χ1) is 7.67. The summed E-state index contributed by atoms with van der Waals surface area (Å²) < 4.78 is 0. The summed E-state index contributed by atoms with van der Waals surface area (Å²) >= 11 is 0. The summed E-state index contributed by atoms with van der Waals surface area (Å²) in [6.07, 6.45) is 3.07. The fraction of sp³-hybridized carbons (Fsp3) is 0.923. The zero-order chi connectivity index (χ0) is 12.0. The van der Waals surface area contributed by atoms with Crippen molar-refractivity contribution in [2.24, 2.45) is 11.8 Å². The summed E-state index contributed by atoms with van der Waals surface area (Å²) in [7, 11) is 0. The molecule has 0 radical (unpaired) electrons. The van der Waals surface area contributed by atoms with Crippen molar-refractivity contribution in [3.8, 4) is 0 Å². The zero-order valence-corrected chi connectivity index (χ0v) is 11.0. The molecule has 0 aromatic carbocycles. The van der Waals surface area contributed by atoms with Crippen LogP contribution in [0.1, 0.15) is 40.0 Å². The third-order valence-electron chi connectivity index (χ3n) is 3.32. The Labute approximate surface area is 99.6 Å². The lowest BCUT2D eigenvalue weighted by molar-refractivity contribution is -0.128. The smallest absolute Gasteiger partial charge is 0.222 e. The maximum atomic E-state index is 11.7. The zero-order valence-electron chi connectivity index (χ0n) is 11.0. The maximum Gasteiger partial charge on any atom is 0.222 e. The SMILES string of the molecule is CCCNCC(C)CN1CC(CC)CC1=O. The third-order valence-corrected chi connectivity index (χ3v) is 3.32. The van der Waals surface area contributed by atoms with Crippen LogP contribution in [0.2, 0.25) is 0 Å². The van der Waals surface area contributed by atoms with Crippen LogP contribution in [-0.4, -0.2) is 37.0 Å². The van der Waals surface area contributed by atoms with Gasteiger partial charge in [0.15, 0.2) is 0 Å². The molecular weight excluding hydrogens is 200 g/mol. The first-order valence-electron chi connectivity index (χ1n) is 6.65. The molecule has 0 spiro atoms. The normalized spacial score (nSPS) is 22.8. The van der Waals surface area contributed by atoms with Crippen LogP contribution in [0.15, 0.2) is 0 Å². The van der Waals surface area contributed by atoms with Crippen LogP contribution in [0, 0.1) is 11.8 Å². The summed E-state index contributed by atoms with van der Waals surface area (Å²) in [5, 5.41) is 3.41. The molecule has 16 heavy (non-hydrogen) atoms. The first-order valence-corrected chi connectivity index (χ1v) is 6.65. The predicted molar refractivity (Wildman–Crippen MR) is 67.3 cm³/mol. The number of nitrogens with zero attached hydrogens (tertiary/aromatic N) is 1. The molecule has 0 aromatic heterocycles. The van der Waals surface area contributed by atoms with Crippen LogP contribution in [0.4, 0.5) is 0 Å². The van der Waals surface area contributed by atoms with Crippen molar-refractivity contribution in [2.45, 2.75) is 40.0 Å². The van der Waals surface area contributed by atoms with Crippen LogP contribution in [0.25, 0.3) is 0 Å². The van der Waals surface area contributed by atoms with Crippen molar-refractivity contribution in [2.75, 3.05) is 26.2 Å². The highest BCUT2D eigenvalue weighted by molar-refractivity contribution is 5.78. The van der Waals surface area contributed by atoms with E-state index < -0.39 is 0 Å². The minimum absolute atomic E-state index is 0.356. The molecule has 1 saturated heterocycles. The molecule has 3 nitrogen and oxygen atoms in total. The molecular formula is C13H26N2O. The van der Waals surface area contributed by atoms with E-state index in [2.05, 4.69) is 26.1 Å². The van der Waals surface area contributed by atoms with Gasteiger partial charge in [-0.05, 0) is 31.3 Å². The highest BCUT2D eigenvalue weighted by atomic mass is 16.2. The largest absolute Gasteiger partial charge is 0.342 e. The van der Waals surface area contributed by atoms with E-state index in [1.165, 1.54) is 6.42 Å². The van der Waals surface area contributed by atoms with Crippen molar-refractivity contribution in [1.82, 2.24) is 10.2 Å². The molecule has 0 aliphatic carbocycles. The second kappa shape index (κ2) is 6.89. The summed E-state index contributed by atoms with van der Waals surface area (Å²) in [5.41, 5.74) is 0. The Morgan fingerprint density at radius 2 is 2.25 bits per heavy atom. The van der Waals surface area contributed by atoms with Gasteiger partial charge in [0.05, 0.1) is 0 Å². The lowest BCUT2D eigenvalue weighted by Crippen LogP contribution is -2.34. The van der Waals surface area contributed by atoms with Crippen LogP contribution in [-0.2, 0) is 4.79 Å². The molecule has 0 bridgehead atoms. The standard InChI is InChI=1S/C13H26N2O/c1-4-6-14-8-11(3)9-15-10-12(5-2)7-13(15)16/h11-12,14H,4-10H2,1-3H3. The number of hydrogen-bond acceptors (Lipinski definition) is 2. The molecule has 1 aliphatic rings. The number of hydrogen-bond donors (Lipinski definition) is 1. The van der Waals surface area contributed by atoms with Crippen LogP contribution >= 0.6 is 0 Å². The Morgan fingerprint density at radius 3 is 2.81 bits per heavy atom. The maximum absolute atomic E-state index is 11.7. The van der Waals surface area contributed by atoms with E-state index in [4.69, 9.17) is 0 Å². The van der Waals surface area contributed by atoms with Crippen molar-refractivity contribution in [1.29, 1.82) is 0 Å². The lowest BCUT2D eigenvalue weighted by atomic mass is 10.1. The van der Waals surface area contributed by atoms with Crippen molar-refractivity contribution in [3.05, 3.63) is 0 Å². The van der Waals surface area contributed by atoms with E-state index >= 15 is 0 Å². The predicted octanol–water partition coefficient (Wildman–Crippen LogP) is 1.88. The summed E-state index contributed by atoms with van der Waals surface area (Å²) in [4.78, 5) is 13.8. The summed E-state index contributed by atoms with van der Waals surface area (Å²) in [5.74, 6) is 1.52. The minimum Gasteiger partial charge on any atom is -0.342 e. The Balaban J connectivity index is 2.23. The van der Waals surface area contributed by atoms with E-state index in [1.54, 1.807) is 0 Å². The van der Waals surface area contributed by atoms with Gasteiger partial charge in [0, 0.05) is 19.5 Å². The molecule has 1 amide bonds. The molecule has 0 aromatic rings. The highest BCUT2D eigenvalue weighted by Crippen LogP contribution is 2.21. The van der Waals surface area contributed by atoms with Gasteiger partial charge in [0.1, 0.15) is 0 Å². The van der Waals surface area contributed by atoms with Crippen molar-refractivity contribution in [3.63, 3.8) is 0 Å². The first kappa shape index (κ1) is 13.5. The van der Waals surface area contributed by atoms with Gasteiger partial charge in [-0.1, -0.05) is 27.2 Å². The van der Waals surface area contributed by atoms with Crippen molar-refractivity contribution >= 4 is 5.91 Å². The molecule has 1 rings (SSSR count). The monoisotopic (exact) mass is 226 g/mol. The van der Waals surface area contributed by atoms with Gasteiger partial charge < -0.3 is 10.2 Å². The number of rotatable bonds is 7. The van der Waals surface area contributed by atoms with E-state index in [0.29, 0.717) is 17.7 Å². The Kier molecular flexibility index (Phi) is 5.81. The third kappa shape index (κ3) is 4.12. The molecule has 0 saturated carbocycles. The molecule has 1 aliphatic heterocycles. The lowest BCUT2D eigenvalue weighted by Gasteiger charge is -2.21.